The van der Waals surface area contributed by atoms with E-state index in [1.54, 1.807) is 12.3 Å². The van der Waals surface area contributed by atoms with Crippen LogP contribution < -0.4 is 10.4 Å². The summed E-state index contributed by atoms with van der Waals surface area (Å²) in [7, 11) is 0. The molecule has 3 heteroatoms. The van der Waals surface area contributed by atoms with Crippen LogP contribution in [0.4, 0.5) is 0 Å². The van der Waals surface area contributed by atoms with Gasteiger partial charge in [0.2, 0.25) is 0 Å². The Bertz CT molecular complexity index is 919. The zero-order chi connectivity index (χ0) is 14.2. The van der Waals surface area contributed by atoms with Crippen molar-refractivity contribution in [1.29, 1.82) is 0 Å². The van der Waals surface area contributed by atoms with Crippen molar-refractivity contribution in [1.82, 2.24) is 0 Å². The quantitative estimate of drug-likeness (QED) is 0.635. The molecule has 102 valence electrons. The molecule has 3 nitrogen and oxygen atoms in total. The fraction of sp³-hybridized carbons (Fsp3) is 0.0556. The summed E-state index contributed by atoms with van der Waals surface area (Å²) in [6, 6.07) is 17.2. The highest BCUT2D eigenvalue weighted by molar-refractivity contribution is 5.81. The first-order valence-corrected chi connectivity index (χ1v) is 6.78. The Morgan fingerprint density at radius 3 is 2.71 bits per heavy atom. The molecule has 0 fully saturated rings. The summed E-state index contributed by atoms with van der Waals surface area (Å²) in [6.07, 6.45) is 2.31. The predicted molar refractivity (Wildman–Crippen MR) is 81.2 cm³/mol. The number of ether oxygens (including phenoxy) is 1. The zero-order valence-corrected chi connectivity index (χ0v) is 11.2. The van der Waals surface area contributed by atoms with Crippen molar-refractivity contribution in [2.24, 2.45) is 0 Å². The monoisotopic (exact) mass is 276 g/mol. The van der Waals surface area contributed by atoms with Crippen molar-refractivity contribution in [2.45, 2.75) is 6.42 Å². The molecule has 0 saturated carbocycles. The zero-order valence-electron chi connectivity index (χ0n) is 11.2. The van der Waals surface area contributed by atoms with Crippen LogP contribution in [-0.2, 0) is 6.42 Å². The molecule has 1 aliphatic heterocycles. The average molecular weight is 276 g/mol. The average Bonchev–Trinajstić information content (AvgIpc) is 2.54. The molecule has 0 atom stereocenters. The van der Waals surface area contributed by atoms with E-state index in [-0.39, 0.29) is 5.63 Å². The Balaban J connectivity index is 1.83. The summed E-state index contributed by atoms with van der Waals surface area (Å²) in [5.74, 6) is 0.839. The van der Waals surface area contributed by atoms with Crippen molar-refractivity contribution < 1.29 is 9.15 Å². The van der Waals surface area contributed by atoms with E-state index in [9.17, 15) is 4.79 Å². The molecular formula is C18H12O3. The first kappa shape index (κ1) is 12.0. The van der Waals surface area contributed by atoms with Crippen LogP contribution in [0.3, 0.4) is 0 Å². The lowest BCUT2D eigenvalue weighted by molar-refractivity contribution is 0.468. The molecule has 4 rings (SSSR count). The Morgan fingerprint density at radius 1 is 0.952 bits per heavy atom. The number of benzene rings is 2. The third kappa shape index (κ3) is 2.03. The second-order valence-corrected chi connectivity index (χ2v) is 5.03. The van der Waals surface area contributed by atoms with Gasteiger partial charge in [0.15, 0.2) is 0 Å². The van der Waals surface area contributed by atoms with Crippen LogP contribution in [0.1, 0.15) is 11.1 Å². The highest BCUT2D eigenvalue weighted by Gasteiger charge is 2.17. The van der Waals surface area contributed by atoms with Gasteiger partial charge in [-0.15, -0.1) is 0 Å². The van der Waals surface area contributed by atoms with Gasteiger partial charge in [-0.1, -0.05) is 36.4 Å². The first-order valence-electron chi connectivity index (χ1n) is 6.78. The van der Waals surface area contributed by atoms with Gasteiger partial charge < -0.3 is 9.15 Å². The van der Waals surface area contributed by atoms with Gasteiger partial charge in [-0.3, -0.25) is 0 Å². The fourth-order valence-electron chi connectivity index (χ4n) is 2.59. The fourth-order valence-corrected chi connectivity index (χ4v) is 2.59. The van der Waals surface area contributed by atoms with Crippen molar-refractivity contribution in [2.75, 3.05) is 0 Å². The molecule has 1 aromatic heterocycles. The van der Waals surface area contributed by atoms with Crippen LogP contribution in [0.5, 0.6) is 5.75 Å². The molecule has 0 radical (unpaired) electrons. The summed E-state index contributed by atoms with van der Waals surface area (Å²) in [5, 5.41) is 0.909. The molecule has 2 aromatic carbocycles. The Morgan fingerprint density at radius 2 is 1.76 bits per heavy atom. The maximum absolute atomic E-state index is 12.2. The summed E-state index contributed by atoms with van der Waals surface area (Å²) in [6.45, 7) is 0. The summed E-state index contributed by atoms with van der Waals surface area (Å²) < 4.78 is 11.0. The van der Waals surface area contributed by atoms with Crippen LogP contribution >= 0.6 is 0 Å². The van der Waals surface area contributed by atoms with E-state index < -0.39 is 0 Å². The lowest BCUT2D eigenvalue weighted by Gasteiger charge is -2.16. The second kappa shape index (κ2) is 4.63. The highest BCUT2D eigenvalue weighted by atomic mass is 16.5. The third-order valence-corrected chi connectivity index (χ3v) is 3.67. The lowest BCUT2D eigenvalue weighted by atomic mass is 9.97. The van der Waals surface area contributed by atoms with Crippen LogP contribution in [0.2, 0.25) is 0 Å². The standard InChI is InChI=1S/C18H12O3/c19-18-15(10-13-6-2-4-8-17(13)21-18)14-9-12-5-1-3-7-16(12)20-11-14/h1-8,10-11H,9H2. The number of hydrogen-bond acceptors (Lipinski definition) is 3. The number of fused-ring (bicyclic) bond motifs is 2. The topological polar surface area (TPSA) is 39.4 Å². The Hall–Kier alpha value is -2.81. The number of allylic oxidation sites excluding steroid dienone is 1. The molecule has 2 heterocycles. The molecule has 3 aromatic rings. The minimum Gasteiger partial charge on any atom is -0.464 e. The normalized spacial score (nSPS) is 13.4. The smallest absolute Gasteiger partial charge is 0.343 e. The molecule has 0 spiro atoms. The predicted octanol–water partition coefficient (Wildman–Crippen LogP) is 3.77. The van der Waals surface area contributed by atoms with Gasteiger partial charge in [-0.2, -0.15) is 0 Å². The van der Waals surface area contributed by atoms with Gasteiger partial charge in [0.1, 0.15) is 11.3 Å². The van der Waals surface area contributed by atoms with E-state index in [2.05, 4.69) is 0 Å². The van der Waals surface area contributed by atoms with Gasteiger partial charge in [-0.05, 0) is 23.8 Å². The van der Waals surface area contributed by atoms with E-state index in [0.717, 1.165) is 22.3 Å². The maximum atomic E-state index is 12.2. The number of rotatable bonds is 1. The number of para-hydroxylation sites is 2. The highest BCUT2D eigenvalue weighted by Crippen LogP contribution is 2.30. The van der Waals surface area contributed by atoms with Crippen LogP contribution in [0.15, 0.2) is 70.1 Å². The van der Waals surface area contributed by atoms with Crippen molar-refractivity contribution in [3.05, 3.63) is 82.4 Å². The Kier molecular flexibility index (Phi) is 2.64. The van der Waals surface area contributed by atoms with Gasteiger partial charge in [-0.25, -0.2) is 4.79 Å². The van der Waals surface area contributed by atoms with Gasteiger partial charge in [0.05, 0.1) is 11.8 Å². The van der Waals surface area contributed by atoms with Crippen LogP contribution in [0.25, 0.3) is 16.5 Å². The van der Waals surface area contributed by atoms with E-state index >= 15 is 0 Å². The summed E-state index contributed by atoms with van der Waals surface area (Å²) in [5.41, 5.74) is 2.74. The number of hydrogen-bond donors (Lipinski definition) is 0. The van der Waals surface area contributed by atoms with E-state index in [0.29, 0.717) is 17.6 Å². The second-order valence-electron chi connectivity index (χ2n) is 5.03. The molecule has 21 heavy (non-hydrogen) atoms. The lowest BCUT2D eigenvalue weighted by Crippen LogP contribution is -2.11. The minimum absolute atomic E-state index is 0.331. The van der Waals surface area contributed by atoms with Crippen molar-refractivity contribution in [3.8, 4) is 5.75 Å². The molecule has 0 amide bonds. The first-order chi connectivity index (χ1) is 10.3. The van der Waals surface area contributed by atoms with E-state index in [4.69, 9.17) is 9.15 Å². The van der Waals surface area contributed by atoms with E-state index in [1.807, 2.05) is 48.5 Å². The molecule has 0 unspecified atom stereocenters. The molecule has 0 aliphatic carbocycles. The van der Waals surface area contributed by atoms with E-state index in [1.165, 1.54) is 0 Å². The minimum atomic E-state index is -0.331. The summed E-state index contributed by atoms with van der Waals surface area (Å²) in [4.78, 5) is 12.2. The molecule has 0 bridgehead atoms. The largest absolute Gasteiger partial charge is 0.464 e. The van der Waals surface area contributed by atoms with Crippen molar-refractivity contribution >= 4 is 16.5 Å². The van der Waals surface area contributed by atoms with Gasteiger partial charge in [0.25, 0.3) is 0 Å². The maximum Gasteiger partial charge on any atom is 0.343 e. The van der Waals surface area contributed by atoms with Gasteiger partial charge in [0, 0.05) is 17.4 Å². The molecule has 0 saturated heterocycles. The van der Waals surface area contributed by atoms with Crippen molar-refractivity contribution in [3.63, 3.8) is 0 Å². The van der Waals surface area contributed by atoms with Gasteiger partial charge >= 0.3 is 5.63 Å². The molecule has 1 aliphatic rings. The summed E-state index contributed by atoms with van der Waals surface area (Å²) >= 11 is 0. The van der Waals surface area contributed by atoms with Crippen LogP contribution in [-0.4, -0.2) is 0 Å². The molecule has 0 N–H and O–H groups in total. The third-order valence-electron chi connectivity index (χ3n) is 3.67. The Labute approximate surface area is 121 Å². The SMILES string of the molecule is O=c1oc2ccccc2cc1C1=COc2ccccc2C1. The van der Waals surface area contributed by atoms with Crippen LogP contribution in [0, 0.1) is 0 Å². The molecular weight excluding hydrogens is 264 g/mol.